The SMILES string of the molecule is CO[PH]1(S)OCC2OC(N(N)c3ncnc(N)c3N)C(O)C2OP(=O)(S)OCC2OC(n3cnc4c(=O)[nH]c(N)nc43)C(O1)C2O. The Morgan fingerprint density at radius 3 is 2.65 bits per heavy atom. The van der Waals surface area contributed by atoms with E-state index in [0.717, 1.165) is 11.3 Å². The first kappa shape index (κ1) is 33.5. The number of nitrogens with zero attached hydrogens (tertiary/aromatic N) is 6. The third-order valence-electron chi connectivity index (χ3n) is 7.39. The van der Waals surface area contributed by atoms with E-state index in [1.165, 1.54) is 18.0 Å². The Hall–Kier alpha value is -2.41. The van der Waals surface area contributed by atoms with Crippen molar-refractivity contribution in [1.29, 1.82) is 0 Å². The Morgan fingerprint density at radius 1 is 1.15 bits per heavy atom. The van der Waals surface area contributed by atoms with Crippen LogP contribution < -0.4 is 33.6 Å². The summed E-state index contributed by atoms with van der Waals surface area (Å²) in [5.74, 6) is 5.87. The number of rotatable bonds is 4. The maximum absolute atomic E-state index is 13.4. The van der Waals surface area contributed by atoms with Crippen LogP contribution in [0.15, 0.2) is 17.4 Å². The molecule has 46 heavy (non-hydrogen) atoms. The van der Waals surface area contributed by atoms with E-state index in [0.29, 0.717) is 0 Å². The van der Waals surface area contributed by atoms with Crippen LogP contribution in [-0.2, 0) is 36.7 Å². The molecule has 254 valence electrons. The molecule has 22 nitrogen and oxygen atoms in total. The van der Waals surface area contributed by atoms with Gasteiger partial charge in [0.2, 0.25) is 0 Å². The number of H-pyrrole nitrogens is 1. The molecule has 0 aromatic carbocycles. The number of aliphatic hydroxyl groups excluding tert-OH is 2. The topological polar surface area (TPSA) is 319 Å². The zero-order chi connectivity index (χ0) is 33.1. The van der Waals surface area contributed by atoms with E-state index in [2.05, 4.69) is 49.4 Å². The maximum atomic E-state index is 13.4. The number of hydrogen-bond donors (Lipinski definition) is 9. The van der Waals surface area contributed by atoms with E-state index >= 15 is 0 Å². The van der Waals surface area contributed by atoms with Gasteiger partial charge in [-0.3, -0.25) is 0 Å². The van der Waals surface area contributed by atoms with Gasteiger partial charge in [-0.1, -0.05) is 0 Å². The number of anilines is 4. The molecule has 3 saturated heterocycles. The molecule has 0 aliphatic carbocycles. The molecular formula is C20H31N11O11P2S2. The van der Waals surface area contributed by atoms with E-state index in [1.807, 2.05) is 0 Å². The van der Waals surface area contributed by atoms with Crippen LogP contribution in [0.5, 0.6) is 0 Å². The summed E-state index contributed by atoms with van der Waals surface area (Å²) < 4.78 is 55.5. The summed E-state index contributed by atoms with van der Waals surface area (Å²) >= 11 is 8.60. The molecule has 0 spiro atoms. The van der Waals surface area contributed by atoms with Crippen molar-refractivity contribution >= 4 is 72.9 Å². The minimum absolute atomic E-state index is 0.0161. The third kappa shape index (κ3) is 6.15. The van der Waals surface area contributed by atoms with Crippen LogP contribution in [0.3, 0.4) is 0 Å². The molecule has 0 saturated carbocycles. The Labute approximate surface area is 269 Å². The standard InChI is InChI=1S/C20H31N11O11P2S2/c1-36-44(46)38-3-7-12(11(33)18(40-7)31(24)15-8(21)14(22)25-4-26-15)41-43(35,45)37-2-6-10(32)13(42-44)19(39-6)30-5-27-9-16(30)28-20(23)29-17(9)34/h4-7,10-13,18-19,32-33,44,46H,2-3,21,24H2,1H3,(H,35,45)(H2,22,25,26)(H3,23,28,29,34). The number of nitrogen functional groups attached to an aromatic ring is 3. The van der Waals surface area contributed by atoms with Crippen molar-refractivity contribution in [2.45, 2.75) is 49.1 Å². The Balaban J connectivity index is 1.32. The van der Waals surface area contributed by atoms with Crippen molar-refractivity contribution in [3.63, 3.8) is 0 Å². The van der Waals surface area contributed by atoms with Crippen LogP contribution in [0.2, 0.25) is 0 Å². The molecule has 3 aliphatic heterocycles. The van der Waals surface area contributed by atoms with Gasteiger partial charge in [-0.2, -0.15) is 0 Å². The first-order chi connectivity index (χ1) is 21.7. The number of aliphatic hydroxyl groups is 2. The fourth-order valence-electron chi connectivity index (χ4n) is 5.13. The minimum atomic E-state index is -4.33. The molecule has 3 aromatic heterocycles. The van der Waals surface area contributed by atoms with Gasteiger partial charge in [0.15, 0.2) is 0 Å². The van der Waals surface area contributed by atoms with Gasteiger partial charge in [0.25, 0.3) is 0 Å². The molecule has 3 aliphatic rings. The van der Waals surface area contributed by atoms with Crippen LogP contribution in [-0.4, -0.2) is 103 Å². The second kappa shape index (κ2) is 12.6. The number of nitrogens with one attached hydrogen (secondary N) is 1. The Kier molecular flexibility index (Phi) is 9.14. The summed E-state index contributed by atoms with van der Waals surface area (Å²) in [6.45, 7) is -5.32. The normalized spacial score (nSPS) is 35.5. The van der Waals surface area contributed by atoms with Gasteiger partial charge in [0.1, 0.15) is 0 Å². The molecular weight excluding hydrogens is 696 g/mol. The van der Waals surface area contributed by atoms with Crippen molar-refractivity contribution in [3.05, 3.63) is 23.0 Å². The Morgan fingerprint density at radius 2 is 1.91 bits per heavy atom. The second-order valence-electron chi connectivity index (χ2n) is 10.2. The summed E-state index contributed by atoms with van der Waals surface area (Å²) in [5, 5.41) is 23.4. The molecule has 2 bridgehead atoms. The quantitative estimate of drug-likeness (QED) is 0.0621. The zero-order valence-corrected chi connectivity index (χ0v) is 27.3. The third-order valence-corrected chi connectivity index (χ3v) is 11.9. The summed E-state index contributed by atoms with van der Waals surface area (Å²) in [5.41, 5.74) is 16.7. The van der Waals surface area contributed by atoms with Crippen LogP contribution >= 0.6 is 38.4 Å². The predicted octanol–water partition coefficient (Wildman–Crippen LogP) is -1.78. The van der Waals surface area contributed by atoms with Gasteiger partial charge in [-0.15, -0.1) is 0 Å². The van der Waals surface area contributed by atoms with Crippen molar-refractivity contribution in [2.24, 2.45) is 5.84 Å². The number of hydrogen-bond acceptors (Lipinski definition) is 21. The molecule has 3 aromatic rings. The van der Waals surface area contributed by atoms with Crippen LogP contribution in [0, 0.1) is 0 Å². The van der Waals surface area contributed by atoms with Crippen LogP contribution in [0.25, 0.3) is 11.2 Å². The first-order valence-electron chi connectivity index (χ1n) is 13.3. The van der Waals surface area contributed by atoms with Gasteiger partial charge < -0.3 is 0 Å². The number of nitrogens with two attached hydrogens (primary N) is 4. The van der Waals surface area contributed by atoms with Gasteiger partial charge >= 0.3 is 270 Å². The average molecular weight is 728 g/mol. The summed E-state index contributed by atoms with van der Waals surface area (Å²) in [6.07, 6.45) is -8.51. The zero-order valence-electron chi connectivity index (χ0n) is 23.6. The van der Waals surface area contributed by atoms with Crippen LogP contribution in [0.4, 0.5) is 23.3 Å². The van der Waals surface area contributed by atoms with Crippen molar-refractivity contribution in [2.75, 3.05) is 42.5 Å². The molecule has 11 N–H and O–H groups in total. The molecule has 3 fully saturated rings. The van der Waals surface area contributed by atoms with Gasteiger partial charge in [0.05, 0.1) is 0 Å². The fraction of sp³-hybridized carbons (Fsp3) is 0.550. The van der Waals surface area contributed by atoms with E-state index in [1.54, 1.807) is 0 Å². The number of imidazole rings is 1. The summed E-state index contributed by atoms with van der Waals surface area (Å²) in [6, 6.07) is 0. The fourth-order valence-corrected chi connectivity index (χ4v) is 8.46. The van der Waals surface area contributed by atoms with Gasteiger partial charge in [-0.25, -0.2) is 0 Å². The summed E-state index contributed by atoms with van der Waals surface area (Å²) in [4.78, 5) is 30.7. The molecule has 6 rings (SSSR count). The molecule has 26 heteroatoms. The van der Waals surface area contributed by atoms with E-state index in [-0.39, 0.29) is 34.4 Å². The number of aromatic nitrogens is 6. The van der Waals surface area contributed by atoms with Crippen molar-refractivity contribution < 1.29 is 46.9 Å². The molecule has 6 heterocycles. The van der Waals surface area contributed by atoms with E-state index in [4.69, 9.17) is 55.1 Å². The van der Waals surface area contributed by atoms with E-state index < -0.39 is 81.8 Å². The van der Waals surface area contributed by atoms with Crippen molar-refractivity contribution in [3.8, 4) is 0 Å². The average Bonchev–Trinajstić information content (AvgIpc) is 3.65. The van der Waals surface area contributed by atoms with Gasteiger partial charge in [0, 0.05) is 0 Å². The van der Waals surface area contributed by atoms with E-state index in [9.17, 15) is 19.6 Å². The number of hydrazine groups is 1. The van der Waals surface area contributed by atoms with Gasteiger partial charge in [-0.05, 0) is 0 Å². The molecule has 9 atom stereocenters. The number of ether oxygens (including phenoxy) is 2. The van der Waals surface area contributed by atoms with Crippen LogP contribution in [0.1, 0.15) is 6.23 Å². The molecule has 0 amide bonds. The second-order valence-corrected chi connectivity index (χ2v) is 16.7. The molecule has 9 unspecified atom stereocenters. The number of thiol groups is 2. The molecule has 0 radical (unpaired) electrons. The number of fused-ring (bicyclic) bond motifs is 4. The monoisotopic (exact) mass is 727 g/mol. The predicted molar refractivity (Wildman–Crippen MR) is 167 cm³/mol. The Bertz CT molecular complexity index is 1730. The van der Waals surface area contributed by atoms with Crippen molar-refractivity contribution in [1.82, 2.24) is 29.5 Å². The first-order valence-corrected chi connectivity index (χ1v) is 19.0. The summed E-state index contributed by atoms with van der Waals surface area (Å²) in [7, 11) is -2.77. The number of aromatic amines is 1.